The predicted octanol–water partition coefficient (Wildman–Crippen LogP) is 1.60. The fourth-order valence-corrected chi connectivity index (χ4v) is 5.36. The molecule has 0 radical (unpaired) electrons. The number of aliphatic hydroxyl groups excluding tert-OH is 1. The van der Waals surface area contributed by atoms with Crippen molar-refractivity contribution in [2.45, 2.75) is 10.9 Å². The number of ether oxygens (including phenoxy) is 1. The van der Waals surface area contributed by atoms with Gasteiger partial charge in [0.25, 0.3) is 17.4 Å². The first-order valence-corrected chi connectivity index (χ1v) is 13.3. The van der Waals surface area contributed by atoms with Gasteiger partial charge in [-0.2, -0.15) is 0 Å². The monoisotopic (exact) mass is 544 g/mol. The van der Waals surface area contributed by atoms with E-state index in [4.69, 9.17) is 4.74 Å². The van der Waals surface area contributed by atoms with Crippen LogP contribution in [-0.4, -0.2) is 97.7 Å². The van der Waals surface area contributed by atoms with Crippen LogP contribution in [0.5, 0.6) is 0 Å². The second-order valence-corrected chi connectivity index (χ2v) is 11.3. The highest BCUT2D eigenvalue weighted by molar-refractivity contribution is 7.89. The van der Waals surface area contributed by atoms with E-state index >= 15 is 0 Å². The molecule has 0 saturated carbocycles. The van der Waals surface area contributed by atoms with E-state index in [-0.39, 0.29) is 28.3 Å². The average Bonchev–Trinajstić information content (AvgIpc) is 3.17. The van der Waals surface area contributed by atoms with Crippen LogP contribution in [-0.2, 0) is 24.3 Å². The molecule has 0 bridgehead atoms. The maximum Gasteiger partial charge on any atom is 0.295 e. The van der Waals surface area contributed by atoms with Crippen molar-refractivity contribution in [3.63, 3.8) is 0 Å². The minimum atomic E-state index is -3.71. The quantitative estimate of drug-likeness (QED) is 0.172. The number of ketones is 1. The van der Waals surface area contributed by atoms with Gasteiger partial charge in [-0.3, -0.25) is 24.6 Å². The number of Topliss-reactive ketones (excluding diaryl/α,β-unsaturated/α-hetero) is 1. The molecule has 2 aromatic rings. The van der Waals surface area contributed by atoms with Crippen LogP contribution < -0.4 is 0 Å². The zero-order chi connectivity index (χ0) is 27.6. The minimum absolute atomic E-state index is 0.00284. The van der Waals surface area contributed by atoms with Gasteiger partial charge in [0.15, 0.2) is 0 Å². The largest absolute Gasteiger partial charge is 0.507 e. The number of nitrogens with zero attached hydrogens (tertiary/aromatic N) is 4. The average molecular weight is 545 g/mol. The Kier molecular flexibility index (Phi) is 7.92. The number of likely N-dealkylation sites (tertiary alicyclic amines) is 1. The fourth-order valence-electron chi connectivity index (χ4n) is 4.46. The van der Waals surface area contributed by atoms with Gasteiger partial charge in [-0.25, -0.2) is 12.7 Å². The van der Waals surface area contributed by atoms with Crippen molar-refractivity contribution >= 4 is 33.2 Å². The number of sulfonamides is 1. The van der Waals surface area contributed by atoms with Crippen molar-refractivity contribution in [2.24, 2.45) is 0 Å². The number of carbonyl (C=O) groups is 2. The van der Waals surface area contributed by atoms with E-state index in [9.17, 15) is 33.2 Å². The van der Waals surface area contributed by atoms with Gasteiger partial charge in [0, 0.05) is 58.0 Å². The first kappa shape index (κ1) is 27.4. The van der Waals surface area contributed by atoms with Crippen LogP contribution in [0.1, 0.15) is 17.2 Å². The highest BCUT2D eigenvalue weighted by Crippen LogP contribution is 2.39. The van der Waals surface area contributed by atoms with Crippen LogP contribution in [0.25, 0.3) is 5.76 Å². The molecule has 13 heteroatoms. The maximum atomic E-state index is 13.2. The number of nitro benzene ring substituents is 1. The number of hydrogen-bond donors (Lipinski definition) is 1. The van der Waals surface area contributed by atoms with Gasteiger partial charge in [0.05, 0.1) is 34.6 Å². The summed E-state index contributed by atoms with van der Waals surface area (Å²) in [7, 11) is -0.923. The number of aliphatic hydroxyl groups is 1. The lowest BCUT2D eigenvalue weighted by molar-refractivity contribution is -0.384. The molecule has 0 aliphatic carbocycles. The molecule has 2 heterocycles. The van der Waals surface area contributed by atoms with E-state index < -0.39 is 38.4 Å². The van der Waals surface area contributed by atoms with E-state index in [2.05, 4.69) is 4.90 Å². The van der Waals surface area contributed by atoms with Crippen LogP contribution in [0.2, 0.25) is 0 Å². The topological polar surface area (TPSA) is 151 Å². The van der Waals surface area contributed by atoms with Gasteiger partial charge in [0.2, 0.25) is 10.0 Å². The van der Waals surface area contributed by atoms with Gasteiger partial charge in [-0.05, 0) is 42.0 Å². The van der Waals surface area contributed by atoms with E-state index in [1.807, 2.05) is 0 Å². The number of nitro groups is 1. The van der Waals surface area contributed by atoms with Crippen molar-refractivity contribution < 1.29 is 32.8 Å². The standard InChI is InChI=1S/C25H28N4O8S/c1-26(2)38(35,36)20-9-5-18(6-10-20)23(30)21-22(17-3-7-19(8-4-17)29(33)34)28(25(32)24(21)31)12-11-27-13-15-37-16-14-27/h3-10,22,30H,11-16H2,1-2H3/b23-21-. The van der Waals surface area contributed by atoms with Crippen molar-refractivity contribution in [3.8, 4) is 0 Å². The molecule has 4 rings (SSSR count). The van der Waals surface area contributed by atoms with Crippen LogP contribution in [0.15, 0.2) is 59.0 Å². The number of carbonyl (C=O) groups excluding carboxylic acids is 2. The summed E-state index contributed by atoms with van der Waals surface area (Å²) in [5, 5.41) is 22.4. The molecule has 12 nitrogen and oxygen atoms in total. The molecule has 1 N–H and O–H groups in total. The third-order valence-corrected chi connectivity index (χ3v) is 8.46. The van der Waals surface area contributed by atoms with Gasteiger partial charge in [-0.15, -0.1) is 0 Å². The molecule has 202 valence electrons. The summed E-state index contributed by atoms with van der Waals surface area (Å²) >= 11 is 0. The molecule has 1 atom stereocenters. The molecule has 2 aliphatic rings. The fraction of sp³-hybridized carbons (Fsp3) is 0.360. The first-order chi connectivity index (χ1) is 18.0. The Morgan fingerprint density at radius 3 is 2.21 bits per heavy atom. The van der Waals surface area contributed by atoms with Crippen molar-refractivity contribution in [2.75, 3.05) is 53.5 Å². The third kappa shape index (κ3) is 5.31. The van der Waals surface area contributed by atoms with Crippen molar-refractivity contribution in [1.29, 1.82) is 0 Å². The molecule has 0 spiro atoms. The Morgan fingerprint density at radius 2 is 1.66 bits per heavy atom. The Labute approximate surface area is 219 Å². The molecule has 2 aliphatic heterocycles. The lowest BCUT2D eigenvalue weighted by Crippen LogP contribution is -2.42. The number of morpholine rings is 1. The molecule has 2 fully saturated rings. The molecule has 1 unspecified atom stereocenters. The SMILES string of the molecule is CN(C)S(=O)(=O)c1ccc(/C(O)=C2/C(=O)C(=O)N(CCN3CCOCC3)C2c2ccc([N+](=O)[O-])cc2)cc1. The van der Waals surface area contributed by atoms with Gasteiger partial charge in [0.1, 0.15) is 5.76 Å². The number of rotatable bonds is 8. The molecule has 0 aromatic heterocycles. The van der Waals surface area contributed by atoms with Crippen LogP contribution >= 0.6 is 0 Å². The second-order valence-electron chi connectivity index (χ2n) is 9.11. The first-order valence-electron chi connectivity index (χ1n) is 11.9. The molecular weight excluding hydrogens is 516 g/mol. The van der Waals surface area contributed by atoms with E-state index in [0.29, 0.717) is 38.4 Å². The summed E-state index contributed by atoms with van der Waals surface area (Å²) in [6, 6.07) is 9.81. The normalized spacial score (nSPS) is 20.3. The minimum Gasteiger partial charge on any atom is -0.507 e. The van der Waals surface area contributed by atoms with E-state index in [1.54, 1.807) is 0 Å². The Morgan fingerprint density at radius 1 is 1.05 bits per heavy atom. The van der Waals surface area contributed by atoms with Crippen LogP contribution in [0.4, 0.5) is 5.69 Å². The summed E-state index contributed by atoms with van der Waals surface area (Å²) < 4.78 is 31.2. The highest BCUT2D eigenvalue weighted by atomic mass is 32.2. The van der Waals surface area contributed by atoms with Gasteiger partial charge in [-0.1, -0.05) is 0 Å². The van der Waals surface area contributed by atoms with Crippen molar-refractivity contribution in [1.82, 2.24) is 14.1 Å². The Hall–Kier alpha value is -3.65. The van der Waals surface area contributed by atoms with Crippen molar-refractivity contribution in [3.05, 3.63) is 75.3 Å². The van der Waals surface area contributed by atoms with Crippen LogP contribution in [0.3, 0.4) is 0 Å². The summed E-state index contributed by atoms with van der Waals surface area (Å²) in [6.07, 6.45) is 0. The van der Waals surface area contributed by atoms with E-state index in [0.717, 1.165) is 4.31 Å². The summed E-state index contributed by atoms with van der Waals surface area (Å²) in [5.41, 5.74) is 0.247. The van der Waals surface area contributed by atoms with E-state index in [1.165, 1.54) is 67.5 Å². The smallest absolute Gasteiger partial charge is 0.295 e. The summed E-state index contributed by atoms with van der Waals surface area (Å²) in [6.45, 7) is 3.12. The molecule has 38 heavy (non-hydrogen) atoms. The zero-order valence-corrected chi connectivity index (χ0v) is 21.8. The van der Waals surface area contributed by atoms with Gasteiger partial charge < -0.3 is 14.7 Å². The molecule has 2 saturated heterocycles. The number of hydrogen-bond acceptors (Lipinski definition) is 9. The van der Waals surface area contributed by atoms with Crippen LogP contribution in [0, 0.1) is 10.1 Å². The number of amides is 1. The number of non-ortho nitro benzene ring substituents is 1. The lowest BCUT2D eigenvalue weighted by atomic mass is 9.95. The highest BCUT2D eigenvalue weighted by Gasteiger charge is 2.46. The maximum absolute atomic E-state index is 13.2. The molecule has 2 aromatic carbocycles. The predicted molar refractivity (Wildman–Crippen MR) is 137 cm³/mol. The zero-order valence-electron chi connectivity index (χ0n) is 20.9. The lowest BCUT2D eigenvalue weighted by Gasteiger charge is -2.31. The second kappa shape index (κ2) is 11.0. The van der Waals surface area contributed by atoms with Gasteiger partial charge >= 0.3 is 0 Å². The Bertz CT molecular complexity index is 1370. The number of benzene rings is 2. The molecule has 1 amide bonds. The third-order valence-electron chi connectivity index (χ3n) is 6.63. The summed E-state index contributed by atoms with van der Waals surface area (Å²) in [5.74, 6) is -2.15. The molecular formula is C25H28N4O8S. The Balaban J connectivity index is 1.74. The summed E-state index contributed by atoms with van der Waals surface area (Å²) in [4.78, 5) is 40.4.